The Balaban J connectivity index is 1.69. The predicted molar refractivity (Wildman–Crippen MR) is 112 cm³/mol. The molecule has 1 aliphatic rings. The lowest BCUT2D eigenvalue weighted by molar-refractivity contribution is -0.160. The van der Waals surface area contributed by atoms with E-state index in [-0.39, 0.29) is 17.8 Å². The molecule has 1 heterocycles. The van der Waals surface area contributed by atoms with E-state index in [2.05, 4.69) is 5.32 Å². The van der Waals surface area contributed by atoms with Crippen LogP contribution in [0.3, 0.4) is 0 Å². The number of esters is 1. The van der Waals surface area contributed by atoms with Crippen molar-refractivity contribution in [1.82, 2.24) is 5.32 Å². The zero-order chi connectivity index (χ0) is 21.5. The molecule has 2 aromatic rings. The second-order valence-corrected chi connectivity index (χ2v) is 8.18. The van der Waals surface area contributed by atoms with Gasteiger partial charge in [0.1, 0.15) is 18.5 Å². The number of hydrogen-bond acceptors (Lipinski definition) is 7. The van der Waals surface area contributed by atoms with Crippen LogP contribution in [0.4, 0.5) is 0 Å². The Morgan fingerprint density at radius 1 is 1.17 bits per heavy atom. The summed E-state index contributed by atoms with van der Waals surface area (Å²) in [5, 5.41) is 13.2. The van der Waals surface area contributed by atoms with Gasteiger partial charge < -0.3 is 24.6 Å². The normalized spacial score (nSPS) is 23.4. The van der Waals surface area contributed by atoms with E-state index >= 15 is 0 Å². The highest BCUT2D eigenvalue weighted by Crippen LogP contribution is 2.35. The zero-order valence-corrected chi connectivity index (χ0v) is 17.6. The minimum Gasteiger partial charge on any atom is -0.497 e. The van der Waals surface area contributed by atoms with E-state index in [1.807, 2.05) is 30.3 Å². The van der Waals surface area contributed by atoms with Gasteiger partial charge in [0.25, 0.3) is 5.91 Å². The minimum atomic E-state index is -0.901. The lowest BCUT2D eigenvalue weighted by Crippen LogP contribution is -2.55. The number of methoxy groups -OCH3 is 1. The molecule has 0 saturated carbocycles. The Bertz CT molecular complexity index is 844. The first-order valence-electron chi connectivity index (χ1n) is 9.59. The molecule has 160 valence electrons. The van der Waals surface area contributed by atoms with Crippen LogP contribution in [0, 0.1) is 0 Å². The van der Waals surface area contributed by atoms with Crippen LogP contribution in [0.5, 0.6) is 5.75 Å². The molecular formula is C22H25NO6S. The van der Waals surface area contributed by atoms with Gasteiger partial charge in [-0.05, 0) is 42.8 Å². The van der Waals surface area contributed by atoms with Crippen molar-refractivity contribution in [2.75, 3.05) is 13.7 Å². The van der Waals surface area contributed by atoms with E-state index in [1.54, 1.807) is 31.4 Å². The van der Waals surface area contributed by atoms with Crippen LogP contribution in [-0.4, -0.2) is 54.4 Å². The van der Waals surface area contributed by atoms with E-state index in [0.29, 0.717) is 12.0 Å². The summed E-state index contributed by atoms with van der Waals surface area (Å²) >= 11 is 1.52. The third-order valence-corrected chi connectivity index (χ3v) is 6.01. The number of carbonyl (C=O) groups is 2. The van der Waals surface area contributed by atoms with Crippen LogP contribution in [-0.2, 0) is 14.3 Å². The average molecular weight is 432 g/mol. The molecule has 1 saturated heterocycles. The third-order valence-electron chi connectivity index (χ3n) is 4.67. The summed E-state index contributed by atoms with van der Waals surface area (Å²) in [6.07, 6.45) is -1.93. The molecule has 30 heavy (non-hydrogen) atoms. The summed E-state index contributed by atoms with van der Waals surface area (Å²) in [4.78, 5) is 24.7. The number of thioether (sulfide) groups is 1. The van der Waals surface area contributed by atoms with Gasteiger partial charge in [0.15, 0.2) is 6.23 Å². The van der Waals surface area contributed by atoms with Gasteiger partial charge in [0.05, 0.1) is 13.2 Å². The highest BCUT2D eigenvalue weighted by atomic mass is 32.2. The van der Waals surface area contributed by atoms with E-state index in [4.69, 9.17) is 14.2 Å². The Labute approximate surface area is 179 Å². The number of benzene rings is 2. The summed E-state index contributed by atoms with van der Waals surface area (Å²) in [5.41, 5.74) is 0.472. The lowest BCUT2D eigenvalue weighted by atomic mass is 10.0. The SMILES string of the molecule is COc1ccc(SC2CC(O)[C@H](NC(=O)c3ccccc3)O[C@@H]2COC(C)=O)cc1. The maximum absolute atomic E-state index is 12.5. The van der Waals surface area contributed by atoms with Crippen molar-refractivity contribution in [3.63, 3.8) is 0 Å². The molecular weight excluding hydrogens is 406 g/mol. The van der Waals surface area contributed by atoms with Crippen molar-refractivity contribution >= 4 is 23.6 Å². The highest BCUT2D eigenvalue weighted by Gasteiger charge is 2.39. The molecule has 2 N–H and O–H groups in total. The molecule has 0 radical (unpaired) electrons. The van der Waals surface area contributed by atoms with E-state index in [9.17, 15) is 14.7 Å². The van der Waals surface area contributed by atoms with Crippen molar-refractivity contribution in [3.05, 3.63) is 60.2 Å². The molecule has 7 nitrogen and oxygen atoms in total. The fourth-order valence-electron chi connectivity index (χ4n) is 3.11. The first-order valence-corrected chi connectivity index (χ1v) is 10.5. The molecule has 0 aromatic heterocycles. The summed E-state index contributed by atoms with van der Waals surface area (Å²) < 4.78 is 16.3. The number of rotatable bonds is 7. The van der Waals surface area contributed by atoms with E-state index in [0.717, 1.165) is 10.6 Å². The van der Waals surface area contributed by atoms with Gasteiger partial charge in [-0.15, -0.1) is 11.8 Å². The smallest absolute Gasteiger partial charge is 0.302 e. The number of nitrogens with one attached hydrogen (secondary N) is 1. The van der Waals surface area contributed by atoms with Crippen LogP contribution in [0.1, 0.15) is 23.7 Å². The Morgan fingerprint density at radius 2 is 1.87 bits per heavy atom. The molecule has 2 unspecified atom stereocenters. The molecule has 0 spiro atoms. The second kappa shape index (κ2) is 10.5. The van der Waals surface area contributed by atoms with E-state index in [1.165, 1.54) is 18.7 Å². The molecule has 1 aliphatic heterocycles. The summed E-state index contributed by atoms with van der Waals surface area (Å²) in [5.74, 6) is -0.00522. The minimum absolute atomic E-state index is 0.0353. The second-order valence-electron chi connectivity index (χ2n) is 6.87. The Hall–Kier alpha value is -2.55. The van der Waals surface area contributed by atoms with Crippen LogP contribution in [0.15, 0.2) is 59.5 Å². The number of carbonyl (C=O) groups excluding carboxylic acids is 2. The fraction of sp³-hybridized carbons (Fsp3) is 0.364. The number of aliphatic hydroxyl groups is 1. The van der Waals surface area contributed by atoms with Gasteiger partial charge >= 0.3 is 5.97 Å². The molecule has 1 amide bonds. The molecule has 2 aromatic carbocycles. The largest absolute Gasteiger partial charge is 0.497 e. The van der Waals surface area contributed by atoms with Crippen molar-refractivity contribution in [1.29, 1.82) is 0 Å². The van der Waals surface area contributed by atoms with Gasteiger partial charge in [-0.3, -0.25) is 9.59 Å². The maximum Gasteiger partial charge on any atom is 0.302 e. The number of ether oxygens (including phenoxy) is 3. The zero-order valence-electron chi connectivity index (χ0n) is 16.8. The molecule has 0 bridgehead atoms. The fourth-order valence-corrected chi connectivity index (χ4v) is 4.34. The van der Waals surface area contributed by atoms with Crippen LogP contribution < -0.4 is 10.1 Å². The quantitative estimate of drug-likeness (QED) is 0.651. The van der Waals surface area contributed by atoms with Crippen molar-refractivity contribution in [2.45, 2.75) is 41.9 Å². The first kappa shape index (κ1) is 22.1. The first-order chi connectivity index (χ1) is 14.5. The summed E-state index contributed by atoms with van der Waals surface area (Å²) in [6.45, 7) is 1.37. The monoisotopic (exact) mass is 431 g/mol. The van der Waals surface area contributed by atoms with Gasteiger partial charge in [0.2, 0.25) is 0 Å². The topological polar surface area (TPSA) is 94.1 Å². The van der Waals surface area contributed by atoms with Gasteiger partial charge in [-0.25, -0.2) is 0 Å². The average Bonchev–Trinajstić information content (AvgIpc) is 2.75. The summed E-state index contributed by atoms with van der Waals surface area (Å²) in [6, 6.07) is 16.3. The van der Waals surface area contributed by atoms with E-state index < -0.39 is 24.4 Å². The Morgan fingerprint density at radius 3 is 2.50 bits per heavy atom. The predicted octanol–water partition coefficient (Wildman–Crippen LogP) is 2.62. The lowest BCUT2D eigenvalue weighted by Gasteiger charge is -2.39. The molecule has 0 aliphatic carbocycles. The highest BCUT2D eigenvalue weighted by molar-refractivity contribution is 8.00. The van der Waals surface area contributed by atoms with Gasteiger partial charge in [-0.2, -0.15) is 0 Å². The third kappa shape index (κ3) is 5.98. The number of hydrogen-bond donors (Lipinski definition) is 2. The molecule has 4 atom stereocenters. The molecule has 3 rings (SSSR count). The van der Waals surface area contributed by atoms with Gasteiger partial charge in [0, 0.05) is 22.6 Å². The molecule has 8 heteroatoms. The van der Waals surface area contributed by atoms with Crippen LogP contribution >= 0.6 is 11.8 Å². The standard InChI is InChI=1S/C22H25NO6S/c1-14(24)28-13-19-20(30-17-10-8-16(27-2)9-11-17)12-18(25)22(29-19)23-21(26)15-6-4-3-5-7-15/h3-11,18-20,22,25H,12-13H2,1-2H3,(H,23,26)/t18?,19-,20?,22-/m1/s1. The maximum atomic E-state index is 12.5. The summed E-state index contributed by atoms with van der Waals surface area (Å²) in [7, 11) is 1.60. The molecule has 1 fully saturated rings. The van der Waals surface area contributed by atoms with Gasteiger partial charge in [-0.1, -0.05) is 18.2 Å². The van der Waals surface area contributed by atoms with Crippen molar-refractivity contribution in [3.8, 4) is 5.75 Å². The number of aliphatic hydroxyl groups excluding tert-OH is 1. The number of amides is 1. The van der Waals surface area contributed by atoms with Crippen molar-refractivity contribution < 1.29 is 28.9 Å². The van der Waals surface area contributed by atoms with Crippen LogP contribution in [0.2, 0.25) is 0 Å². The van der Waals surface area contributed by atoms with Crippen LogP contribution in [0.25, 0.3) is 0 Å². The Kier molecular flexibility index (Phi) is 7.73. The van der Waals surface area contributed by atoms with Crippen molar-refractivity contribution in [2.24, 2.45) is 0 Å².